The topological polar surface area (TPSA) is 108 Å². The Labute approximate surface area is 311 Å². The van der Waals surface area contributed by atoms with E-state index in [9.17, 15) is 19.0 Å². The summed E-state index contributed by atoms with van der Waals surface area (Å²) in [5, 5.41) is 0. The van der Waals surface area contributed by atoms with Crippen molar-refractivity contribution in [3.63, 3.8) is 0 Å². The summed E-state index contributed by atoms with van der Waals surface area (Å²) in [6.45, 7) is 4.19. The molecule has 0 saturated carbocycles. The summed E-state index contributed by atoms with van der Waals surface area (Å²) in [5.74, 6) is -0.866. The number of unbranched alkanes of at least 4 members (excludes halogenated alkanes) is 10. The van der Waals surface area contributed by atoms with E-state index in [0.717, 1.165) is 77.0 Å². The van der Waals surface area contributed by atoms with Gasteiger partial charge in [-0.2, -0.15) is 0 Å². The molecule has 0 aromatic carbocycles. The van der Waals surface area contributed by atoms with Crippen molar-refractivity contribution >= 4 is 19.8 Å². The average molecular weight is 739 g/mol. The molecule has 0 radical (unpaired) electrons. The summed E-state index contributed by atoms with van der Waals surface area (Å²) in [6.07, 6.45) is 38.4. The lowest BCUT2D eigenvalue weighted by Gasteiger charge is -2.24. The zero-order valence-electron chi connectivity index (χ0n) is 32.8. The first kappa shape index (κ1) is 48.7. The maximum Gasteiger partial charge on any atom is 0.472 e. The standard InChI is InChI=1S/C41H72NO8P/c1-6-8-10-12-14-16-18-20-21-22-24-26-28-30-32-34-41(44)50-39(38-49-51(45,46)48-36-35-42(3,4)5)37-47-40(43)33-31-29-27-25-23-19-17-15-13-11-9-7-2/h8,10,14-17,20-21,24,26,39H,6-7,9,11-13,18-19,22-23,25,27-38H2,1-5H3/p+1/b10-8+,16-14+,17-15+,21-20+,26-24+/t39-/m1/s1. The largest absolute Gasteiger partial charge is 0.472 e. The van der Waals surface area contributed by atoms with Gasteiger partial charge in [-0.05, 0) is 77.0 Å². The molecule has 0 aliphatic heterocycles. The van der Waals surface area contributed by atoms with Gasteiger partial charge in [0.05, 0.1) is 27.7 Å². The van der Waals surface area contributed by atoms with Gasteiger partial charge in [-0.25, -0.2) is 4.57 Å². The Bertz CT molecular complexity index is 1060. The monoisotopic (exact) mass is 739 g/mol. The van der Waals surface area contributed by atoms with Gasteiger partial charge in [-0.15, -0.1) is 0 Å². The van der Waals surface area contributed by atoms with Gasteiger partial charge < -0.3 is 18.9 Å². The van der Waals surface area contributed by atoms with Crippen molar-refractivity contribution in [3.05, 3.63) is 60.8 Å². The molecule has 0 rings (SSSR count). The Balaban J connectivity index is 4.54. The van der Waals surface area contributed by atoms with Crippen molar-refractivity contribution in [2.24, 2.45) is 0 Å². The second-order valence-corrected chi connectivity index (χ2v) is 15.4. The molecule has 2 atom stereocenters. The molecule has 0 amide bonds. The van der Waals surface area contributed by atoms with E-state index < -0.39 is 32.5 Å². The van der Waals surface area contributed by atoms with E-state index in [-0.39, 0.29) is 26.1 Å². The van der Waals surface area contributed by atoms with Gasteiger partial charge in [-0.3, -0.25) is 18.6 Å². The van der Waals surface area contributed by atoms with E-state index >= 15 is 0 Å². The molecule has 0 spiro atoms. The first-order valence-electron chi connectivity index (χ1n) is 19.5. The van der Waals surface area contributed by atoms with Crippen molar-refractivity contribution in [2.75, 3.05) is 47.5 Å². The molecular weight excluding hydrogens is 665 g/mol. The number of ether oxygens (including phenoxy) is 2. The summed E-state index contributed by atoms with van der Waals surface area (Å²) in [7, 11) is 1.43. The Morgan fingerprint density at radius 2 is 1.12 bits per heavy atom. The van der Waals surface area contributed by atoms with E-state index in [0.29, 0.717) is 17.4 Å². The molecule has 0 fully saturated rings. The molecule has 0 aliphatic rings. The van der Waals surface area contributed by atoms with E-state index in [1.54, 1.807) is 0 Å². The Morgan fingerprint density at radius 3 is 1.73 bits per heavy atom. The van der Waals surface area contributed by atoms with Crippen LogP contribution in [0.3, 0.4) is 0 Å². The number of phosphoric acid groups is 1. The number of likely N-dealkylation sites (N-methyl/N-ethyl adjacent to an activating group) is 1. The summed E-state index contributed by atoms with van der Waals surface area (Å²) < 4.78 is 34.1. The van der Waals surface area contributed by atoms with Crippen molar-refractivity contribution in [3.8, 4) is 0 Å². The molecule has 294 valence electrons. The minimum Gasteiger partial charge on any atom is -0.462 e. The number of hydrogen-bond acceptors (Lipinski definition) is 7. The maximum atomic E-state index is 12.6. The van der Waals surface area contributed by atoms with Crippen molar-refractivity contribution in [1.29, 1.82) is 0 Å². The molecule has 9 nitrogen and oxygen atoms in total. The molecule has 51 heavy (non-hydrogen) atoms. The fraction of sp³-hybridized carbons (Fsp3) is 0.707. The number of esters is 2. The van der Waals surface area contributed by atoms with Gasteiger partial charge in [-0.1, -0.05) is 107 Å². The van der Waals surface area contributed by atoms with E-state index in [4.69, 9.17) is 18.5 Å². The zero-order chi connectivity index (χ0) is 37.9. The average Bonchev–Trinajstić information content (AvgIpc) is 3.07. The Morgan fingerprint density at radius 1 is 0.627 bits per heavy atom. The van der Waals surface area contributed by atoms with Crippen molar-refractivity contribution in [2.45, 2.75) is 142 Å². The van der Waals surface area contributed by atoms with Gasteiger partial charge in [0.25, 0.3) is 0 Å². The summed E-state index contributed by atoms with van der Waals surface area (Å²) in [4.78, 5) is 35.2. The van der Waals surface area contributed by atoms with Gasteiger partial charge in [0.2, 0.25) is 0 Å². The molecule has 0 saturated heterocycles. The number of phosphoric ester groups is 1. The zero-order valence-corrected chi connectivity index (χ0v) is 33.7. The highest BCUT2D eigenvalue weighted by Gasteiger charge is 2.27. The fourth-order valence-corrected chi connectivity index (χ4v) is 5.44. The second kappa shape index (κ2) is 33.5. The minimum atomic E-state index is -4.38. The number of quaternary nitrogens is 1. The van der Waals surface area contributed by atoms with Crippen molar-refractivity contribution < 1.29 is 42.1 Å². The molecule has 0 aliphatic carbocycles. The van der Waals surface area contributed by atoms with Crippen LogP contribution in [0.5, 0.6) is 0 Å². The van der Waals surface area contributed by atoms with Crippen LogP contribution in [0, 0.1) is 0 Å². The molecule has 0 aromatic heterocycles. The van der Waals surface area contributed by atoms with Crippen LogP contribution in [0.2, 0.25) is 0 Å². The first-order valence-corrected chi connectivity index (χ1v) is 21.0. The van der Waals surface area contributed by atoms with Crippen LogP contribution in [0.4, 0.5) is 0 Å². The lowest BCUT2D eigenvalue weighted by molar-refractivity contribution is -0.870. The lowest BCUT2D eigenvalue weighted by atomic mass is 10.1. The number of carbonyl (C=O) groups is 2. The lowest BCUT2D eigenvalue weighted by Crippen LogP contribution is -2.37. The molecule has 10 heteroatoms. The highest BCUT2D eigenvalue weighted by molar-refractivity contribution is 7.47. The number of allylic oxidation sites excluding steroid dienone is 10. The molecule has 0 aromatic rings. The third-order valence-electron chi connectivity index (χ3n) is 7.78. The van der Waals surface area contributed by atoms with Crippen molar-refractivity contribution in [1.82, 2.24) is 0 Å². The quantitative estimate of drug-likeness (QED) is 0.0229. The number of nitrogens with zero attached hydrogens (tertiary/aromatic N) is 1. The fourth-order valence-electron chi connectivity index (χ4n) is 4.70. The summed E-state index contributed by atoms with van der Waals surface area (Å²) in [6, 6.07) is 0. The van der Waals surface area contributed by atoms with E-state index in [1.165, 1.54) is 25.7 Å². The Hall–Kier alpha value is -2.29. The van der Waals surface area contributed by atoms with Crippen LogP contribution in [0.25, 0.3) is 0 Å². The van der Waals surface area contributed by atoms with Gasteiger partial charge in [0.1, 0.15) is 19.8 Å². The van der Waals surface area contributed by atoms with Gasteiger partial charge in [0, 0.05) is 12.8 Å². The van der Waals surface area contributed by atoms with Crippen LogP contribution < -0.4 is 0 Å². The normalized spacial score (nSPS) is 14.4. The SMILES string of the molecule is CC/C=C/C/C=C/C/C=C/C/C=C/CCCCC(=O)O[C@H](COC(=O)CCCCCCC/C=C/CCCCC)COP(=O)(O)OCC[N+](C)(C)C. The highest BCUT2D eigenvalue weighted by Crippen LogP contribution is 2.43. The third kappa shape index (κ3) is 37.3. The first-order chi connectivity index (χ1) is 24.5. The molecular formula is C41H73NO8P+. The summed E-state index contributed by atoms with van der Waals surface area (Å²) in [5.41, 5.74) is 0. The second-order valence-electron chi connectivity index (χ2n) is 13.9. The molecule has 0 heterocycles. The number of hydrogen-bond donors (Lipinski definition) is 1. The highest BCUT2D eigenvalue weighted by atomic mass is 31.2. The van der Waals surface area contributed by atoms with Crippen LogP contribution in [-0.4, -0.2) is 74.9 Å². The molecule has 0 bridgehead atoms. The predicted molar refractivity (Wildman–Crippen MR) is 210 cm³/mol. The third-order valence-corrected chi connectivity index (χ3v) is 8.77. The van der Waals surface area contributed by atoms with Crippen LogP contribution in [0.1, 0.15) is 136 Å². The van der Waals surface area contributed by atoms with Crippen LogP contribution >= 0.6 is 7.82 Å². The summed E-state index contributed by atoms with van der Waals surface area (Å²) >= 11 is 0. The van der Waals surface area contributed by atoms with Crippen LogP contribution in [0.15, 0.2) is 60.8 Å². The predicted octanol–water partition coefficient (Wildman–Crippen LogP) is 10.5. The van der Waals surface area contributed by atoms with Gasteiger partial charge >= 0.3 is 19.8 Å². The smallest absolute Gasteiger partial charge is 0.462 e. The van der Waals surface area contributed by atoms with E-state index in [1.807, 2.05) is 21.1 Å². The Kier molecular flexibility index (Phi) is 32.0. The molecule has 1 N–H and O–H groups in total. The van der Waals surface area contributed by atoms with Crippen LogP contribution in [-0.2, 0) is 32.7 Å². The minimum absolute atomic E-state index is 0.0196. The molecule has 1 unspecified atom stereocenters. The maximum absolute atomic E-state index is 12.6. The van der Waals surface area contributed by atoms with Gasteiger partial charge in [0.15, 0.2) is 6.10 Å². The number of carbonyl (C=O) groups excluding carboxylic acids is 2. The number of rotatable bonds is 34. The van der Waals surface area contributed by atoms with E-state index in [2.05, 4.69) is 74.6 Å².